The molecule has 2 atom stereocenters. The lowest BCUT2D eigenvalue weighted by atomic mass is 9.87. The fourth-order valence-electron chi connectivity index (χ4n) is 4.38. The van der Waals surface area contributed by atoms with Gasteiger partial charge < -0.3 is 4.90 Å². The molecule has 5 heteroatoms. The molecule has 0 aromatic heterocycles. The number of carbonyl (C=O) groups excluding carboxylic acids is 3. The van der Waals surface area contributed by atoms with Crippen LogP contribution in [-0.4, -0.2) is 40.5 Å². The summed E-state index contributed by atoms with van der Waals surface area (Å²) >= 11 is 1.32. The van der Waals surface area contributed by atoms with Crippen LogP contribution in [0, 0.1) is 26.7 Å². The first-order valence-electron chi connectivity index (χ1n) is 9.58. The van der Waals surface area contributed by atoms with E-state index in [-0.39, 0.29) is 29.1 Å². The number of amides is 1. The molecule has 1 aliphatic carbocycles. The number of likely N-dealkylation sites (tertiary alicyclic amines) is 1. The van der Waals surface area contributed by atoms with Crippen LogP contribution in [-0.2, 0) is 9.59 Å². The highest BCUT2D eigenvalue weighted by Crippen LogP contribution is 2.37. The lowest BCUT2D eigenvalue weighted by Gasteiger charge is -2.15. The van der Waals surface area contributed by atoms with Crippen molar-refractivity contribution in [3.8, 4) is 0 Å². The van der Waals surface area contributed by atoms with Gasteiger partial charge in [-0.2, -0.15) is 0 Å². The van der Waals surface area contributed by atoms with Crippen molar-refractivity contribution in [2.45, 2.75) is 46.5 Å². The van der Waals surface area contributed by atoms with Crippen molar-refractivity contribution in [3.05, 3.63) is 46.0 Å². The van der Waals surface area contributed by atoms with Crippen LogP contribution in [0.1, 0.15) is 47.9 Å². The Bertz CT molecular complexity index is 804. The summed E-state index contributed by atoms with van der Waals surface area (Å²) in [6, 6.07) is 4.08. The number of benzene rings is 1. The van der Waals surface area contributed by atoms with Gasteiger partial charge in [0.15, 0.2) is 11.6 Å². The summed E-state index contributed by atoms with van der Waals surface area (Å²) < 4.78 is 0. The van der Waals surface area contributed by atoms with Gasteiger partial charge in [-0.25, -0.2) is 0 Å². The van der Waals surface area contributed by atoms with Gasteiger partial charge in [0, 0.05) is 19.5 Å². The van der Waals surface area contributed by atoms with Crippen LogP contribution in [0.4, 0.5) is 4.79 Å². The first kappa shape index (κ1) is 19.9. The third-order valence-corrected chi connectivity index (χ3v) is 6.27. The predicted octanol–water partition coefficient (Wildman–Crippen LogP) is 4.36. The summed E-state index contributed by atoms with van der Waals surface area (Å²) in [5.41, 5.74) is 4.67. The smallest absolute Gasteiger partial charge is 0.281 e. The first-order valence-corrected chi connectivity index (χ1v) is 10.6. The molecule has 0 radical (unpaired) electrons. The van der Waals surface area contributed by atoms with Gasteiger partial charge in [-0.3, -0.25) is 14.4 Å². The molecule has 144 valence electrons. The van der Waals surface area contributed by atoms with Gasteiger partial charge in [-0.05, 0) is 61.1 Å². The molecular weight excluding hydrogens is 358 g/mol. The topological polar surface area (TPSA) is 54.5 Å². The monoisotopic (exact) mass is 385 g/mol. The van der Waals surface area contributed by atoms with Crippen LogP contribution in [0.15, 0.2) is 23.8 Å². The summed E-state index contributed by atoms with van der Waals surface area (Å²) in [6.45, 7) is 9.31. The van der Waals surface area contributed by atoms with E-state index in [0.717, 1.165) is 41.0 Å². The summed E-state index contributed by atoms with van der Waals surface area (Å²) in [6.07, 6.45) is 3.03. The third-order valence-electron chi connectivity index (χ3n) is 5.48. The van der Waals surface area contributed by atoms with Crippen molar-refractivity contribution in [1.29, 1.82) is 0 Å². The average Bonchev–Trinajstić information content (AvgIpc) is 3.15. The molecule has 0 N–H and O–H groups in total. The molecule has 1 saturated heterocycles. The Kier molecular flexibility index (Phi) is 5.89. The lowest BCUT2D eigenvalue weighted by Crippen LogP contribution is -2.24. The average molecular weight is 386 g/mol. The zero-order valence-electron chi connectivity index (χ0n) is 16.5. The molecule has 0 spiro atoms. The van der Waals surface area contributed by atoms with E-state index in [1.807, 2.05) is 50.8 Å². The van der Waals surface area contributed by atoms with Crippen molar-refractivity contribution < 1.29 is 14.4 Å². The Hall–Kier alpha value is -1.88. The van der Waals surface area contributed by atoms with E-state index in [2.05, 4.69) is 0 Å². The van der Waals surface area contributed by atoms with E-state index in [9.17, 15) is 14.4 Å². The summed E-state index contributed by atoms with van der Waals surface area (Å²) in [4.78, 5) is 39.6. The fourth-order valence-corrected chi connectivity index (χ4v) is 4.97. The Balaban J connectivity index is 1.79. The van der Waals surface area contributed by atoms with Crippen LogP contribution in [0.5, 0.6) is 0 Å². The lowest BCUT2D eigenvalue weighted by molar-refractivity contribution is -0.123. The number of thioether (sulfide) groups is 1. The number of rotatable bonds is 3. The quantitative estimate of drug-likeness (QED) is 0.573. The van der Waals surface area contributed by atoms with Gasteiger partial charge in [0.1, 0.15) is 5.92 Å². The molecule has 2 fully saturated rings. The molecule has 2 aliphatic rings. The van der Waals surface area contributed by atoms with E-state index < -0.39 is 5.92 Å². The van der Waals surface area contributed by atoms with Gasteiger partial charge in [-0.15, -0.1) is 0 Å². The second-order valence-corrected chi connectivity index (χ2v) is 8.85. The molecule has 1 aromatic rings. The SMILES string of the molecule is CCSC(=O)N1CCC(/C=C2\CC(=O)C(c3c(C)cc(C)cc3C)C2=O)C1. The van der Waals surface area contributed by atoms with Crippen molar-refractivity contribution in [2.75, 3.05) is 18.8 Å². The molecule has 1 saturated carbocycles. The number of carbonyl (C=O) groups is 3. The van der Waals surface area contributed by atoms with E-state index in [1.54, 1.807) is 0 Å². The summed E-state index contributed by atoms with van der Waals surface area (Å²) in [7, 11) is 0. The normalized spacial score (nSPS) is 24.3. The van der Waals surface area contributed by atoms with Gasteiger partial charge in [0.05, 0.1) is 0 Å². The second kappa shape index (κ2) is 8.01. The highest BCUT2D eigenvalue weighted by molar-refractivity contribution is 8.13. The van der Waals surface area contributed by atoms with Crippen LogP contribution in [0.3, 0.4) is 0 Å². The number of allylic oxidation sites excluding steroid dienone is 1. The largest absolute Gasteiger partial charge is 0.333 e. The molecule has 1 heterocycles. The van der Waals surface area contributed by atoms with Crippen LogP contribution in [0.2, 0.25) is 0 Å². The minimum absolute atomic E-state index is 0.00577. The van der Waals surface area contributed by atoms with Crippen molar-refractivity contribution in [3.63, 3.8) is 0 Å². The molecule has 1 amide bonds. The number of hydrogen-bond acceptors (Lipinski definition) is 4. The van der Waals surface area contributed by atoms with Gasteiger partial charge in [0.25, 0.3) is 5.24 Å². The Morgan fingerprint density at radius 1 is 1.22 bits per heavy atom. The first-order chi connectivity index (χ1) is 12.8. The van der Waals surface area contributed by atoms with Crippen LogP contribution in [0.25, 0.3) is 0 Å². The maximum atomic E-state index is 13.0. The molecule has 1 aliphatic heterocycles. The molecule has 3 rings (SSSR count). The van der Waals surface area contributed by atoms with Crippen LogP contribution < -0.4 is 0 Å². The van der Waals surface area contributed by atoms with Crippen LogP contribution >= 0.6 is 11.8 Å². The Morgan fingerprint density at radius 3 is 2.52 bits per heavy atom. The number of ketones is 2. The highest BCUT2D eigenvalue weighted by atomic mass is 32.2. The maximum Gasteiger partial charge on any atom is 0.281 e. The summed E-state index contributed by atoms with van der Waals surface area (Å²) in [5.74, 6) is 0.214. The molecule has 0 bridgehead atoms. The van der Waals surface area contributed by atoms with E-state index in [4.69, 9.17) is 0 Å². The van der Waals surface area contributed by atoms with E-state index in [0.29, 0.717) is 12.1 Å². The fraction of sp³-hybridized carbons (Fsp3) is 0.500. The standard InChI is InChI=1S/C22H27NO3S/c1-5-27-22(26)23-7-6-16(12-23)10-17-11-18(24)20(21(17)25)19-14(3)8-13(2)9-15(19)4/h8-10,16,20H,5-7,11-12H2,1-4H3/b17-10+. The summed E-state index contributed by atoms with van der Waals surface area (Å²) in [5, 5.41) is 0.107. The molecule has 4 nitrogen and oxygen atoms in total. The zero-order chi connectivity index (χ0) is 19.7. The number of Topliss-reactive ketones (excluding diaryl/α,β-unsaturated/α-hetero) is 2. The van der Waals surface area contributed by atoms with Crippen molar-refractivity contribution in [1.82, 2.24) is 4.90 Å². The highest BCUT2D eigenvalue weighted by Gasteiger charge is 2.40. The third kappa shape index (κ3) is 4.03. The van der Waals surface area contributed by atoms with E-state index in [1.165, 1.54) is 11.8 Å². The van der Waals surface area contributed by atoms with E-state index >= 15 is 0 Å². The minimum Gasteiger partial charge on any atom is -0.333 e. The molecule has 2 unspecified atom stereocenters. The van der Waals surface area contributed by atoms with Crippen molar-refractivity contribution >= 4 is 28.6 Å². The molecular formula is C22H27NO3S. The van der Waals surface area contributed by atoms with Crippen molar-refractivity contribution in [2.24, 2.45) is 5.92 Å². The molecule has 1 aromatic carbocycles. The van der Waals surface area contributed by atoms with Gasteiger partial charge in [-0.1, -0.05) is 42.5 Å². The number of aryl methyl sites for hydroxylation is 3. The van der Waals surface area contributed by atoms with Gasteiger partial charge >= 0.3 is 0 Å². The minimum atomic E-state index is -0.661. The zero-order valence-corrected chi connectivity index (χ0v) is 17.3. The predicted molar refractivity (Wildman–Crippen MR) is 109 cm³/mol. The maximum absolute atomic E-state index is 13.0. The van der Waals surface area contributed by atoms with Gasteiger partial charge in [0.2, 0.25) is 0 Å². The Labute approximate surface area is 165 Å². The second-order valence-electron chi connectivity index (χ2n) is 7.64. The number of nitrogens with zero attached hydrogens (tertiary/aromatic N) is 1. The Morgan fingerprint density at radius 2 is 1.89 bits per heavy atom. The number of hydrogen-bond donors (Lipinski definition) is 0. The molecule has 27 heavy (non-hydrogen) atoms.